The van der Waals surface area contributed by atoms with Gasteiger partial charge in [-0.15, -0.1) is 0 Å². The van der Waals surface area contributed by atoms with Crippen molar-refractivity contribution in [3.63, 3.8) is 0 Å². The van der Waals surface area contributed by atoms with Gasteiger partial charge in [-0.25, -0.2) is 5.10 Å². The zero-order chi connectivity index (χ0) is 11.0. The van der Waals surface area contributed by atoms with Crippen LogP contribution in [0.2, 0.25) is 0 Å². The molecule has 0 atom stereocenters. The van der Waals surface area contributed by atoms with Gasteiger partial charge in [-0.2, -0.15) is 5.10 Å². The van der Waals surface area contributed by atoms with E-state index in [0.29, 0.717) is 6.61 Å². The van der Waals surface area contributed by atoms with Crippen LogP contribution in [0.1, 0.15) is 5.56 Å². The van der Waals surface area contributed by atoms with E-state index in [0.717, 1.165) is 23.3 Å². The number of hydrogen-bond donors (Lipinski definition) is 1. The van der Waals surface area contributed by atoms with Gasteiger partial charge < -0.3 is 4.74 Å². The zero-order valence-electron chi connectivity index (χ0n) is 8.56. The van der Waals surface area contributed by atoms with Crippen molar-refractivity contribution in [3.8, 4) is 16.9 Å². The maximum absolute atomic E-state index is 11.2. The molecule has 0 saturated heterocycles. The second kappa shape index (κ2) is 3.48. The molecule has 0 amide bonds. The lowest BCUT2D eigenvalue weighted by Gasteiger charge is -2.06. The summed E-state index contributed by atoms with van der Waals surface area (Å²) in [6.07, 6.45) is 2.57. The molecule has 2 aromatic rings. The lowest BCUT2D eigenvalue weighted by Crippen LogP contribution is -2.05. The fraction of sp³-hybridized carbons (Fsp3) is 0.167. The van der Waals surface area contributed by atoms with Gasteiger partial charge in [-0.1, -0.05) is 18.2 Å². The highest BCUT2D eigenvalue weighted by molar-refractivity contribution is 5.71. The first-order valence-corrected chi connectivity index (χ1v) is 5.14. The molecule has 3 rings (SSSR count). The van der Waals surface area contributed by atoms with Crippen molar-refractivity contribution in [3.05, 3.63) is 46.4 Å². The minimum atomic E-state index is -0.201. The zero-order valence-corrected chi connectivity index (χ0v) is 8.56. The summed E-state index contributed by atoms with van der Waals surface area (Å²) in [4.78, 5) is 11.2. The molecule has 1 aliphatic heterocycles. The van der Waals surface area contributed by atoms with Crippen LogP contribution >= 0.6 is 0 Å². The van der Waals surface area contributed by atoms with E-state index in [2.05, 4.69) is 10.2 Å². The Hall–Kier alpha value is -2.10. The van der Waals surface area contributed by atoms with Crippen LogP contribution < -0.4 is 10.3 Å². The van der Waals surface area contributed by atoms with Crippen LogP contribution in [0.3, 0.4) is 0 Å². The van der Waals surface area contributed by atoms with Crippen molar-refractivity contribution in [1.82, 2.24) is 10.2 Å². The number of aromatic amines is 1. The quantitative estimate of drug-likeness (QED) is 0.780. The fourth-order valence-electron chi connectivity index (χ4n) is 1.97. The van der Waals surface area contributed by atoms with E-state index in [9.17, 15) is 4.79 Å². The highest BCUT2D eigenvalue weighted by Gasteiger charge is 2.16. The minimum absolute atomic E-state index is 0.201. The Morgan fingerprint density at radius 2 is 2.31 bits per heavy atom. The summed E-state index contributed by atoms with van der Waals surface area (Å²) in [5.41, 5.74) is 2.72. The first kappa shape index (κ1) is 9.15. The monoisotopic (exact) mass is 214 g/mol. The van der Waals surface area contributed by atoms with E-state index >= 15 is 0 Å². The molecule has 0 unspecified atom stereocenters. The maximum Gasteiger partial charge on any atom is 0.264 e. The van der Waals surface area contributed by atoms with Gasteiger partial charge in [0, 0.05) is 23.6 Å². The normalized spacial score (nSPS) is 13.2. The molecule has 0 radical (unpaired) electrons. The highest BCUT2D eigenvalue weighted by atomic mass is 16.5. The molecule has 0 aliphatic carbocycles. The number of nitrogens with zero attached hydrogens (tertiary/aromatic N) is 1. The van der Waals surface area contributed by atoms with Gasteiger partial charge in [-0.05, 0) is 5.56 Å². The number of benzene rings is 1. The van der Waals surface area contributed by atoms with E-state index < -0.39 is 0 Å². The third-order valence-corrected chi connectivity index (χ3v) is 2.69. The second-order valence-electron chi connectivity index (χ2n) is 3.73. The standard InChI is InChI=1S/C12H10N2O2/c15-11-6-9(7-13-14-11)10-3-1-2-8-4-5-16-12(8)10/h1-3,6-7H,4-5H2,(H,14,15). The maximum atomic E-state index is 11.2. The van der Waals surface area contributed by atoms with Crippen LogP contribution in [0.5, 0.6) is 5.75 Å². The summed E-state index contributed by atoms with van der Waals surface area (Å²) < 4.78 is 5.58. The Bertz CT molecular complexity index is 590. The van der Waals surface area contributed by atoms with Gasteiger partial charge in [0.1, 0.15) is 5.75 Å². The molecule has 0 fully saturated rings. The molecule has 0 bridgehead atoms. The fourth-order valence-corrected chi connectivity index (χ4v) is 1.97. The van der Waals surface area contributed by atoms with Crippen molar-refractivity contribution in [1.29, 1.82) is 0 Å². The first-order valence-electron chi connectivity index (χ1n) is 5.14. The summed E-state index contributed by atoms with van der Waals surface area (Å²) in [5, 5.41) is 6.16. The Labute approximate surface area is 91.9 Å². The molecular formula is C12H10N2O2. The van der Waals surface area contributed by atoms with Crippen molar-refractivity contribution in [2.24, 2.45) is 0 Å². The molecule has 1 N–H and O–H groups in total. The van der Waals surface area contributed by atoms with Crippen LogP contribution in [0, 0.1) is 0 Å². The van der Waals surface area contributed by atoms with Crippen molar-refractivity contribution in [2.45, 2.75) is 6.42 Å². The Balaban J connectivity index is 2.21. The van der Waals surface area contributed by atoms with Crippen molar-refractivity contribution >= 4 is 0 Å². The molecular weight excluding hydrogens is 204 g/mol. The minimum Gasteiger partial charge on any atom is -0.492 e. The highest BCUT2D eigenvalue weighted by Crippen LogP contribution is 2.35. The molecule has 1 aromatic heterocycles. The third kappa shape index (κ3) is 1.39. The number of ether oxygens (including phenoxy) is 1. The Kier molecular flexibility index (Phi) is 1.99. The van der Waals surface area contributed by atoms with Gasteiger partial charge in [0.2, 0.25) is 0 Å². The molecule has 4 heteroatoms. The van der Waals surface area contributed by atoms with Gasteiger partial charge in [0.15, 0.2) is 0 Å². The second-order valence-corrected chi connectivity index (χ2v) is 3.73. The van der Waals surface area contributed by atoms with E-state index in [4.69, 9.17) is 4.74 Å². The molecule has 1 aromatic carbocycles. The van der Waals surface area contributed by atoms with Crippen LogP contribution in [-0.2, 0) is 6.42 Å². The van der Waals surface area contributed by atoms with E-state index in [1.54, 1.807) is 6.20 Å². The summed E-state index contributed by atoms with van der Waals surface area (Å²) in [6.45, 7) is 0.711. The number of rotatable bonds is 1. The summed E-state index contributed by atoms with van der Waals surface area (Å²) >= 11 is 0. The molecule has 1 aliphatic rings. The van der Waals surface area contributed by atoms with Gasteiger partial charge in [0.25, 0.3) is 5.56 Å². The molecule has 0 saturated carbocycles. The molecule has 16 heavy (non-hydrogen) atoms. The lowest BCUT2D eigenvalue weighted by atomic mass is 10.0. The molecule has 0 spiro atoms. The van der Waals surface area contributed by atoms with E-state index in [-0.39, 0.29) is 5.56 Å². The summed E-state index contributed by atoms with van der Waals surface area (Å²) in [6, 6.07) is 7.50. The number of nitrogens with one attached hydrogen (secondary N) is 1. The Morgan fingerprint density at radius 1 is 1.38 bits per heavy atom. The molecule has 80 valence electrons. The smallest absolute Gasteiger partial charge is 0.264 e. The van der Waals surface area contributed by atoms with Crippen LogP contribution in [0.15, 0.2) is 35.3 Å². The van der Waals surface area contributed by atoms with Crippen molar-refractivity contribution < 1.29 is 4.74 Å². The largest absolute Gasteiger partial charge is 0.492 e. The van der Waals surface area contributed by atoms with Gasteiger partial charge in [-0.3, -0.25) is 4.79 Å². The van der Waals surface area contributed by atoms with Crippen LogP contribution in [0.25, 0.3) is 11.1 Å². The van der Waals surface area contributed by atoms with Gasteiger partial charge in [0.05, 0.1) is 12.8 Å². The van der Waals surface area contributed by atoms with Gasteiger partial charge >= 0.3 is 0 Å². The number of fused-ring (bicyclic) bond motifs is 1. The average Bonchev–Trinajstić information content (AvgIpc) is 2.76. The SMILES string of the molecule is O=c1cc(-c2cccc3c2OCC3)cn[nH]1. The lowest BCUT2D eigenvalue weighted by molar-refractivity contribution is 0.358. The number of hydrogen-bond acceptors (Lipinski definition) is 3. The third-order valence-electron chi connectivity index (χ3n) is 2.69. The number of para-hydroxylation sites is 1. The summed E-state index contributed by atoms with van der Waals surface area (Å²) in [5.74, 6) is 0.884. The predicted molar refractivity (Wildman–Crippen MR) is 59.5 cm³/mol. The molecule has 2 heterocycles. The van der Waals surface area contributed by atoms with Crippen molar-refractivity contribution in [2.75, 3.05) is 6.61 Å². The first-order chi connectivity index (χ1) is 7.84. The Morgan fingerprint density at radius 3 is 3.19 bits per heavy atom. The van der Waals surface area contributed by atoms with E-state index in [1.165, 1.54) is 11.6 Å². The number of aromatic nitrogens is 2. The summed E-state index contributed by atoms with van der Waals surface area (Å²) in [7, 11) is 0. The van der Waals surface area contributed by atoms with E-state index in [1.807, 2.05) is 18.2 Å². The topological polar surface area (TPSA) is 55.0 Å². The van der Waals surface area contributed by atoms with Crippen LogP contribution in [-0.4, -0.2) is 16.8 Å². The number of H-pyrrole nitrogens is 1. The predicted octanol–water partition coefficient (Wildman–Crippen LogP) is 1.37. The molecule has 4 nitrogen and oxygen atoms in total. The van der Waals surface area contributed by atoms with Crippen LogP contribution in [0.4, 0.5) is 0 Å². The average molecular weight is 214 g/mol.